The maximum atomic E-state index is 12.5. The van der Waals surface area contributed by atoms with E-state index in [1.807, 2.05) is 0 Å². The first-order valence-corrected chi connectivity index (χ1v) is 23.2. The smallest absolute Gasteiger partial charge is 0.305 e. The van der Waals surface area contributed by atoms with E-state index in [4.69, 9.17) is 18.9 Å². The van der Waals surface area contributed by atoms with Crippen LogP contribution in [0.2, 0.25) is 0 Å². The Morgan fingerprint density at radius 1 is 0.547 bits per heavy atom. The molecule has 0 amide bonds. The Morgan fingerprint density at radius 3 is 1.47 bits per heavy atom. The number of hydrogen-bond donors (Lipinski definition) is 0. The Bertz CT molecular complexity index is 796. The second kappa shape index (κ2) is 41.9. The molecule has 0 aliphatic carbocycles. The first-order valence-electron chi connectivity index (χ1n) is 23.2. The summed E-state index contributed by atoms with van der Waals surface area (Å²) in [6, 6.07) is 0. The van der Waals surface area contributed by atoms with Crippen molar-refractivity contribution in [1.29, 1.82) is 0 Å². The zero-order valence-corrected chi connectivity index (χ0v) is 35.5. The summed E-state index contributed by atoms with van der Waals surface area (Å²) in [4.78, 5) is 14.9. The molecule has 1 unspecified atom stereocenters. The molecule has 0 aromatic carbocycles. The van der Waals surface area contributed by atoms with Gasteiger partial charge in [-0.1, -0.05) is 154 Å². The molecule has 1 saturated heterocycles. The van der Waals surface area contributed by atoms with Gasteiger partial charge in [0.2, 0.25) is 0 Å². The van der Waals surface area contributed by atoms with Gasteiger partial charge in [-0.3, -0.25) is 9.69 Å². The SMILES string of the molecule is CCCCCCCC/C=C\CCCCCCCCOCC(COC(=O)CCCN1CCOCC1)OCCCCCCCC/C=C\CCCCCCCC. The van der Waals surface area contributed by atoms with E-state index in [0.29, 0.717) is 19.6 Å². The van der Waals surface area contributed by atoms with Gasteiger partial charge in [0.15, 0.2) is 0 Å². The molecular formula is C47H89NO5. The number of allylic oxidation sites excluding steroid dienone is 4. The Labute approximate surface area is 330 Å². The fourth-order valence-corrected chi connectivity index (χ4v) is 6.94. The number of carbonyl (C=O) groups excluding carboxylic acids is 1. The van der Waals surface area contributed by atoms with Crippen LogP contribution in [0, 0.1) is 0 Å². The molecule has 0 bridgehead atoms. The predicted molar refractivity (Wildman–Crippen MR) is 227 cm³/mol. The van der Waals surface area contributed by atoms with E-state index in [-0.39, 0.29) is 18.7 Å². The van der Waals surface area contributed by atoms with E-state index >= 15 is 0 Å². The summed E-state index contributed by atoms with van der Waals surface area (Å²) < 4.78 is 23.3. The van der Waals surface area contributed by atoms with Crippen molar-refractivity contribution in [2.45, 2.75) is 213 Å². The van der Waals surface area contributed by atoms with E-state index in [1.165, 1.54) is 167 Å². The van der Waals surface area contributed by atoms with Crippen LogP contribution < -0.4 is 0 Å². The third-order valence-corrected chi connectivity index (χ3v) is 10.5. The Balaban J connectivity index is 2.12. The molecule has 6 nitrogen and oxygen atoms in total. The van der Waals surface area contributed by atoms with Crippen LogP contribution in [0.25, 0.3) is 0 Å². The number of carbonyl (C=O) groups is 1. The van der Waals surface area contributed by atoms with E-state index in [0.717, 1.165) is 58.7 Å². The normalized spacial score (nSPS) is 14.5. The van der Waals surface area contributed by atoms with Crippen LogP contribution >= 0.6 is 0 Å². The van der Waals surface area contributed by atoms with Crippen molar-refractivity contribution in [3.05, 3.63) is 24.3 Å². The average Bonchev–Trinajstić information content (AvgIpc) is 3.17. The van der Waals surface area contributed by atoms with Crippen LogP contribution in [-0.2, 0) is 23.7 Å². The number of morpholine rings is 1. The Morgan fingerprint density at radius 2 is 0.981 bits per heavy atom. The highest BCUT2D eigenvalue weighted by atomic mass is 16.6. The maximum Gasteiger partial charge on any atom is 0.305 e. The molecule has 0 spiro atoms. The van der Waals surface area contributed by atoms with Gasteiger partial charge in [-0.05, 0) is 77.2 Å². The molecule has 0 aromatic rings. The molecule has 0 aromatic heterocycles. The summed E-state index contributed by atoms with van der Waals surface area (Å²) in [7, 11) is 0. The zero-order valence-electron chi connectivity index (χ0n) is 35.5. The van der Waals surface area contributed by atoms with E-state index in [1.54, 1.807) is 0 Å². The van der Waals surface area contributed by atoms with Gasteiger partial charge in [0.25, 0.3) is 0 Å². The van der Waals surface area contributed by atoms with Crippen LogP contribution in [0.15, 0.2) is 24.3 Å². The van der Waals surface area contributed by atoms with Gasteiger partial charge in [-0.2, -0.15) is 0 Å². The van der Waals surface area contributed by atoms with Crippen LogP contribution in [0.3, 0.4) is 0 Å². The van der Waals surface area contributed by atoms with Crippen LogP contribution in [0.4, 0.5) is 0 Å². The monoisotopic (exact) mass is 748 g/mol. The first-order chi connectivity index (χ1) is 26.3. The molecule has 53 heavy (non-hydrogen) atoms. The third-order valence-electron chi connectivity index (χ3n) is 10.5. The van der Waals surface area contributed by atoms with Crippen molar-refractivity contribution in [3.63, 3.8) is 0 Å². The molecule has 1 atom stereocenters. The van der Waals surface area contributed by atoms with Gasteiger partial charge in [0.1, 0.15) is 12.7 Å². The number of rotatable bonds is 41. The first kappa shape index (κ1) is 49.8. The number of hydrogen-bond acceptors (Lipinski definition) is 6. The van der Waals surface area contributed by atoms with Crippen molar-refractivity contribution in [2.75, 3.05) is 59.3 Å². The second-order valence-electron chi connectivity index (χ2n) is 15.7. The predicted octanol–water partition coefficient (Wildman–Crippen LogP) is 13.1. The van der Waals surface area contributed by atoms with Crippen molar-refractivity contribution in [3.8, 4) is 0 Å². The minimum atomic E-state index is -0.185. The largest absolute Gasteiger partial charge is 0.463 e. The molecule has 0 saturated carbocycles. The highest BCUT2D eigenvalue weighted by Gasteiger charge is 2.15. The summed E-state index contributed by atoms with van der Waals surface area (Å²) in [6.45, 7) is 11.2. The fraction of sp³-hybridized carbons (Fsp3) is 0.894. The minimum Gasteiger partial charge on any atom is -0.463 e. The summed E-state index contributed by atoms with van der Waals surface area (Å²) in [5.74, 6) is -0.127. The second-order valence-corrected chi connectivity index (χ2v) is 15.7. The summed E-state index contributed by atoms with van der Waals surface area (Å²) in [5, 5.41) is 0. The number of ether oxygens (including phenoxy) is 4. The van der Waals surface area contributed by atoms with Gasteiger partial charge in [0, 0.05) is 32.7 Å². The van der Waals surface area contributed by atoms with E-state index in [2.05, 4.69) is 43.1 Å². The van der Waals surface area contributed by atoms with Crippen LogP contribution in [0.1, 0.15) is 206 Å². The third kappa shape index (κ3) is 37.5. The highest BCUT2D eigenvalue weighted by molar-refractivity contribution is 5.69. The van der Waals surface area contributed by atoms with Gasteiger partial charge in [0.05, 0.1) is 19.8 Å². The number of unbranched alkanes of at least 4 members (excludes halogenated alkanes) is 24. The Hall–Kier alpha value is -1.21. The summed E-state index contributed by atoms with van der Waals surface area (Å²) in [6.07, 6.45) is 47.2. The number of esters is 1. The molecular weight excluding hydrogens is 659 g/mol. The summed E-state index contributed by atoms with van der Waals surface area (Å²) >= 11 is 0. The van der Waals surface area contributed by atoms with Crippen LogP contribution in [0.5, 0.6) is 0 Å². The van der Waals surface area contributed by atoms with Crippen molar-refractivity contribution < 1.29 is 23.7 Å². The van der Waals surface area contributed by atoms with Gasteiger partial charge < -0.3 is 18.9 Å². The molecule has 6 heteroatoms. The van der Waals surface area contributed by atoms with Gasteiger partial charge in [-0.15, -0.1) is 0 Å². The van der Waals surface area contributed by atoms with Crippen LogP contribution in [-0.4, -0.2) is 76.2 Å². The molecule has 1 aliphatic rings. The molecule has 0 radical (unpaired) electrons. The lowest BCUT2D eigenvalue weighted by Gasteiger charge is -2.26. The fourth-order valence-electron chi connectivity index (χ4n) is 6.94. The lowest BCUT2D eigenvalue weighted by atomic mass is 10.1. The minimum absolute atomic E-state index is 0.127. The highest BCUT2D eigenvalue weighted by Crippen LogP contribution is 2.13. The lowest BCUT2D eigenvalue weighted by molar-refractivity contribution is -0.150. The summed E-state index contributed by atoms with van der Waals surface area (Å²) in [5.41, 5.74) is 0. The average molecular weight is 748 g/mol. The molecule has 0 N–H and O–H groups in total. The molecule has 1 aliphatic heterocycles. The van der Waals surface area contributed by atoms with E-state index in [9.17, 15) is 4.79 Å². The van der Waals surface area contributed by atoms with E-state index < -0.39 is 0 Å². The number of nitrogens with zero attached hydrogens (tertiary/aromatic N) is 1. The standard InChI is InChI=1S/C47H89NO5/c1-3-5-7-9-11-13-15-17-19-21-23-25-27-29-31-33-40-51-44-46(45-53-47(49)36-35-37-48-38-42-50-43-39-48)52-41-34-32-30-28-26-24-22-20-18-16-14-12-10-8-6-4-2/h17-20,46H,3-16,21-45H2,1-2H3/b19-17-,20-18-. The lowest BCUT2D eigenvalue weighted by Crippen LogP contribution is -2.37. The van der Waals surface area contributed by atoms with Crippen molar-refractivity contribution in [1.82, 2.24) is 4.90 Å². The van der Waals surface area contributed by atoms with Gasteiger partial charge >= 0.3 is 5.97 Å². The van der Waals surface area contributed by atoms with Gasteiger partial charge in [-0.25, -0.2) is 0 Å². The maximum absolute atomic E-state index is 12.5. The molecule has 312 valence electrons. The molecule has 1 heterocycles. The Kier molecular flexibility index (Phi) is 39.4. The van der Waals surface area contributed by atoms with Crippen molar-refractivity contribution in [2.24, 2.45) is 0 Å². The van der Waals surface area contributed by atoms with Crippen molar-refractivity contribution >= 4 is 5.97 Å². The molecule has 1 rings (SSSR count). The topological polar surface area (TPSA) is 57.2 Å². The quantitative estimate of drug-likeness (QED) is 0.0353. The zero-order chi connectivity index (χ0) is 38.0. The molecule has 1 fully saturated rings.